The fourth-order valence-electron chi connectivity index (χ4n) is 1.99. The summed E-state index contributed by atoms with van der Waals surface area (Å²) in [5.41, 5.74) is 2.33. The van der Waals surface area contributed by atoms with Crippen molar-refractivity contribution in [2.45, 2.75) is 6.92 Å². The molecule has 0 radical (unpaired) electrons. The molecule has 0 fully saturated rings. The zero-order valence-corrected chi connectivity index (χ0v) is 12.5. The van der Waals surface area contributed by atoms with E-state index < -0.39 is 5.91 Å². The summed E-state index contributed by atoms with van der Waals surface area (Å²) in [5.74, 6) is 0.168. The highest BCUT2D eigenvalue weighted by Gasteiger charge is 2.11. The molecule has 0 bridgehead atoms. The molecule has 1 N–H and O–H groups in total. The van der Waals surface area contributed by atoms with E-state index in [1.54, 1.807) is 25.3 Å². The molecule has 0 unspecified atom stereocenters. The van der Waals surface area contributed by atoms with Crippen LogP contribution < -0.4 is 10.1 Å². The molecule has 0 saturated heterocycles. The van der Waals surface area contributed by atoms with E-state index in [1.165, 1.54) is 6.08 Å². The van der Waals surface area contributed by atoms with Gasteiger partial charge in [-0.15, -0.1) is 0 Å². The van der Waals surface area contributed by atoms with Crippen molar-refractivity contribution in [2.75, 3.05) is 12.4 Å². The minimum absolute atomic E-state index is 0.0211. The largest absolute Gasteiger partial charge is 0.496 e. The van der Waals surface area contributed by atoms with Crippen LogP contribution in [-0.4, -0.2) is 13.0 Å². The molecule has 0 atom stereocenters. The average molecular weight is 292 g/mol. The van der Waals surface area contributed by atoms with Crippen molar-refractivity contribution in [3.05, 3.63) is 65.2 Å². The molecule has 0 aliphatic carbocycles. The van der Waals surface area contributed by atoms with E-state index >= 15 is 0 Å². The highest BCUT2D eigenvalue weighted by Crippen LogP contribution is 2.21. The summed E-state index contributed by atoms with van der Waals surface area (Å²) in [7, 11) is 1.55. The molecule has 4 heteroatoms. The summed E-state index contributed by atoms with van der Waals surface area (Å²) < 4.78 is 5.22. The molecule has 2 rings (SSSR count). The van der Waals surface area contributed by atoms with Crippen molar-refractivity contribution in [1.29, 1.82) is 5.26 Å². The summed E-state index contributed by atoms with van der Waals surface area (Å²) >= 11 is 0. The molecule has 2 aromatic carbocycles. The minimum atomic E-state index is -0.442. The molecule has 22 heavy (non-hydrogen) atoms. The maximum atomic E-state index is 12.3. The number of anilines is 1. The Kier molecular flexibility index (Phi) is 4.94. The number of carbonyl (C=O) groups is 1. The Balaban J connectivity index is 2.28. The van der Waals surface area contributed by atoms with Gasteiger partial charge in [0.2, 0.25) is 0 Å². The number of hydrogen-bond acceptors (Lipinski definition) is 3. The van der Waals surface area contributed by atoms with E-state index in [4.69, 9.17) is 4.74 Å². The number of para-hydroxylation sites is 2. The Morgan fingerprint density at radius 1 is 1.18 bits per heavy atom. The maximum absolute atomic E-state index is 12.3. The number of ether oxygens (including phenoxy) is 1. The van der Waals surface area contributed by atoms with Gasteiger partial charge in [-0.1, -0.05) is 36.4 Å². The first-order valence-electron chi connectivity index (χ1n) is 6.77. The molecular formula is C18H16N2O2. The first-order valence-corrected chi connectivity index (χ1v) is 6.77. The molecular weight excluding hydrogens is 276 g/mol. The monoisotopic (exact) mass is 292 g/mol. The van der Waals surface area contributed by atoms with Gasteiger partial charge in [0.1, 0.15) is 17.4 Å². The summed E-state index contributed by atoms with van der Waals surface area (Å²) in [6.45, 7) is 1.89. The Hall–Kier alpha value is -3.06. The smallest absolute Gasteiger partial charge is 0.266 e. The van der Waals surface area contributed by atoms with Crippen LogP contribution in [0.25, 0.3) is 6.08 Å². The summed E-state index contributed by atoms with van der Waals surface area (Å²) in [6.07, 6.45) is 1.52. The number of rotatable bonds is 4. The van der Waals surface area contributed by atoms with Crippen LogP contribution in [0.1, 0.15) is 11.1 Å². The molecule has 0 aliphatic rings. The first-order chi connectivity index (χ1) is 10.7. The first kappa shape index (κ1) is 15.3. The van der Waals surface area contributed by atoms with E-state index in [1.807, 2.05) is 43.3 Å². The predicted octanol–water partition coefficient (Wildman–Crippen LogP) is 3.55. The Morgan fingerprint density at radius 3 is 2.55 bits per heavy atom. The molecule has 0 aliphatic heterocycles. The van der Waals surface area contributed by atoms with Crippen molar-refractivity contribution in [3.8, 4) is 11.8 Å². The molecule has 2 aromatic rings. The number of methoxy groups -OCH3 is 1. The van der Waals surface area contributed by atoms with Gasteiger partial charge < -0.3 is 10.1 Å². The normalized spacial score (nSPS) is 10.7. The predicted molar refractivity (Wildman–Crippen MR) is 86.4 cm³/mol. The van der Waals surface area contributed by atoms with Gasteiger partial charge in [-0.25, -0.2) is 0 Å². The lowest BCUT2D eigenvalue weighted by atomic mass is 10.1. The number of benzene rings is 2. The van der Waals surface area contributed by atoms with Gasteiger partial charge in [-0.05, 0) is 30.7 Å². The molecule has 0 saturated carbocycles. The Morgan fingerprint density at radius 2 is 1.86 bits per heavy atom. The molecule has 0 spiro atoms. The number of carbonyl (C=O) groups excluding carboxylic acids is 1. The zero-order chi connectivity index (χ0) is 15.9. The number of nitrogens with zero attached hydrogens (tertiary/aromatic N) is 1. The number of hydrogen-bond donors (Lipinski definition) is 1. The second-order valence-electron chi connectivity index (χ2n) is 4.68. The second-order valence-corrected chi connectivity index (χ2v) is 4.68. The number of amides is 1. The van der Waals surface area contributed by atoms with E-state index in [-0.39, 0.29) is 5.57 Å². The number of nitrogens with one attached hydrogen (secondary N) is 1. The van der Waals surface area contributed by atoms with Gasteiger partial charge in [0, 0.05) is 11.3 Å². The van der Waals surface area contributed by atoms with Crippen LogP contribution in [0.15, 0.2) is 54.1 Å². The zero-order valence-electron chi connectivity index (χ0n) is 12.5. The van der Waals surface area contributed by atoms with E-state index in [0.717, 1.165) is 5.56 Å². The lowest BCUT2D eigenvalue weighted by Crippen LogP contribution is -2.14. The van der Waals surface area contributed by atoms with Gasteiger partial charge >= 0.3 is 0 Å². The fraction of sp³-hybridized carbons (Fsp3) is 0.111. The van der Waals surface area contributed by atoms with Gasteiger partial charge in [-0.2, -0.15) is 5.26 Å². The van der Waals surface area contributed by atoms with Crippen LogP contribution in [0.2, 0.25) is 0 Å². The molecule has 110 valence electrons. The minimum Gasteiger partial charge on any atom is -0.496 e. The van der Waals surface area contributed by atoms with Crippen molar-refractivity contribution in [3.63, 3.8) is 0 Å². The van der Waals surface area contributed by atoms with Crippen LogP contribution in [0, 0.1) is 18.3 Å². The van der Waals surface area contributed by atoms with Crippen LogP contribution in [0.4, 0.5) is 5.69 Å². The van der Waals surface area contributed by atoms with E-state index in [9.17, 15) is 10.1 Å². The summed E-state index contributed by atoms with van der Waals surface area (Å²) in [6, 6.07) is 16.6. The summed E-state index contributed by atoms with van der Waals surface area (Å²) in [4.78, 5) is 12.3. The van der Waals surface area contributed by atoms with Crippen LogP contribution in [0.5, 0.6) is 5.75 Å². The lowest BCUT2D eigenvalue weighted by Gasteiger charge is -2.08. The average Bonchev–Trinajstić information content (AvgIpc) is 2.55. The molecule has 4 nitrogen and oxygen atoms in total. The quantitative estimate of drug-likeness (QED) is 0.692. The third-order valence-electron chi connectivity index (χ3n) is 3.20. The number of aryl methyl sites for hydroxylation is 1. The molecule has 0 aromatic heterocycles. The third-order valence-corrected chi connectivity index (χ3v) is 3.20. The Bertz CT molecular complexity index is 758. The summed E-state index contributed by atoms with van der Waals surface area (Å²) in [5, 5.41) is 12.0. The topological polar surface area (TPSA) is 62.1 Å². The van der Waals surface area contributed by atoms with Gasteiger partial charge in [0.25, 0.3) is 5.91 Å². The Labute approximate surface area is 129 Å². The third kappa shape index (κ3) is 3.53. The SMILES string of the molecule is COc1ccccc1C=C(C#N)C(=O)Nc1ccccc1C. The van der Waals surface area contributed by atoms with Gasteiger partial charge in [0.05, 0.1) is 7.11 Å². The van der Waals surface area contributed by atoms with Gasteiger partial charge in [-0.3, -0.25) is 4.79 Å². The highest BCUT2D eigenvalue weighted by molar-refractivity contribution is 6.10. The van der Waals surface area contributed by atoms with Crippen LogP contribution >= 0.6 is 0 Å². The standard InChI is InChI=1S/C18H16N2O2/c1-13-7-3-5-9-16(13)20-18(21)15(12-19)11-14-8-4-6-10-17(14)22-2/h3-11H,1-2H3,(H,20,21). The second kappa shape index (κ2) is 7.09. The van der Waals surface area contributed by atoms with Gasteiger partial charge in [0.15, 0.2) is 0 Å². The van der Waals surface area contributed by atoms with Crippen molar-refractivity contribution in [2.24, 2.45) is 0 Å². The number of nitriles is 1. The van der Waals surface area contributed by atoms with Crippen LogP contribution in [0.3, 0.4) is 0 Å². The van der Waals surface area contributed by atoms with Crippen molar-refractivity contribution in [1.82, 2.24) is 0 Å². The lowest BCUT2D eigenvalue weighted by molar-refractivity contribution is -0.112. The van der Waals surface area contributed by atoms with E-state index in [0.29, 0.717) is 17.0 Å². The molecule has 0 heterocycles. The maximum Gasteiger partial charge on any atom is 0.266 e. The highest BCUT2D eigenvalue weighted by atomic mass is 16.5. The fourth-order valence-corrected chi connectivity index (χ4v) is 1.99. The van der Waals surface area contributed by atoms with Crippen molar-refractivity contribution < 1.29 is 9.53 Å². The van der Waals surface area contributed by atoms with E-state index in [2.05, 4.69) is 5.32 Å². The molecule has 1 amide bonds. The van der Waals surface area contributed by atoms with Crippen LogP contribution in [-0.2, 0) is 4.79 Å². The van der Waals surface area contributed by atoms with Crippen molar-refractivity contribution >= 4 is 17.7 Å².